The van der Waals surface area contributed by atoms with E-state index in [0.29, 0.717) is 32.2 Å². The Morgan fingerprint density at radius 2 is 2.00 bits per heavy atom. The van der Waals surface area contributed by atoms with Crippen molar-refractivity contribution >= 4 is 39.8 Å². The smallest absolute Gasteiger partial charge is 0.103 e. The highest BCUT2D eigenvalue weighted by molar-refractivity contribution is 6.40. The van der Waals surface area contributed by atoms with Crippen LogP contribution in [0.25, 0.3) is 10.9 Å². The highest BCUT2D eigenvalue weighted by Gasteiger charge is 2.12. The van der Waals surface area contributed by atoms with Crippen LogP contribution < -0.4 is 5.32 Å². The zero-order valence-corrected chi connectivity index (χ0v) is 9.89. The number of aromatic nitrogens is 1. The van der Waals surface area contributed by atoms with Gasteiger partial charge in [0.2, 0.25) is 0 Å². The molecule has 1 aromatic heterocycles. The van der Waals surface area contributed by atoms with E-state index in [4.69, 9.17) is 28.5 Å². The molecule has 16 heavy (non-hydrogen) atoms. The second-order valence-electron chi connectivity index (χ2n) is 3.16. The van der Waals surface area contributed by atoms with Crippen LogP contribution in [0.1, 0.15) is 5.56 Å². The van der Waals surface area contributed by atoms with Crippen LogP contribution in [0, 0.1) is 11.3 Å². The Hall–Kier alpha value is -1.50. The van der Waals surface area contributed by atoms with Crippen LogP contribution in [-0.4, -0.2) is 12.0 Å². The summed E-state index contributed by atoms with van der Waals surface area (Å²) >= 11 is 12.1. The molecule has 0 spiro atoms. The SMILES string of the molecule is CNc1c(C#N)cnc2c(Cl)ccc(Cl)c12. The quantitative estimate of drug-likeness (QED) is 0.845. The third kappa shape index (κ3) is 1.57. The second-order valence-corrected chi connectivity index (χ2v) is 3.98. The number of nitriles is 1. The van der Waals surface area contributed by atoms with Gasteiger partial charge in [0.05, 0.1) is 26.8 Å². The first-order valence-corrected chi connectivity index (χ1v) is 5.29. The molecule has 0 atom stereocenters. The van der Waals surface area contributed by atoms with Crippen LogP contribution in [-0.2, 0) is 0 Å². The monoisotopic (exact) mass is 251 g/mol. The lowest BCUT2D eigenvalue weighted by atomic mass is 10.1. The van der Waals surface area contributed by atoms with Gasteiger partial charge in [0, 0.05) is 18.6 Å². The third-order valence-electron chi connectivity index (χ3n) is 2.29. The summed E-state index contributed by atoms with van der Waals surface area (Å²) in [6.07, 6.45) is 1.48. The Morgan fingerprint density at radius 1 is 1.31 bits per heavy atom. The largest absolute Gasteiger partial charge is 0.386 e. The van der Waals surface area contributed by atoms with Gasteiger partial charge < -0.3 is 5.32 Å². The van der Waals surface area contributed by atoms with E-state index >= 15 is 0 Å². The van der Waals surface area contributed by atoms with Crippen LogP contribution in [0.4, 0.5) is 5.69 Å². The van der Waals surface area contributed by atoms with Gasteiger partial charge in [-0.05, 0) is 12.1 Å². The predicted octanol–water partition coefficient (Wildman–Crippen LogP) is 3.45. The third-order valence-corrected chi connectivity index (χ3v) is 2.91. The maximum absolute atomic E-state index is 8.96. The van der Waals surface area contributed by atoms with Crippen molar-refractivity contribution in [2.24, 2.45) is 0 Å². The van der Waals surface area contributed by atoms with Crippen molar-refractivity contribution in [2.75, 3.05) is 12.4 Å². The molecule has 0 fully saturated rings. The van der Waals surface area contributed by atoms with Crippen molar-refractivity contribution in [3.63, 3.8) is 0 Å². The summed E-state index contributed by atoms with van der Waals surface area (Å²) < 4.78 is 0. The molecule has 0 aliphatic carbocycles. The van der Waals surface area contributed by atoms with E-state index in [2.05, 4.69) is 16.4 Å². The van der Waals surface area contributed by atoms with Crippen molar-refractivity contribution in [2.45, 2.75) is 0 Å². The van der Waals surface area contributed by atoms with Crippen LogP contribution in [0.2, 0.25) is 10.0 Å². The predicted molar refractivity (Wildman–Crippen MR) is 66.0 cm³/mol. The average molecular weight is 252 g/mol. The van der Waals surface area contributed by atoms with E-state index in [1.807, 2.05) is 0 Å². The lowest BCUT2D eigenvalue weighted by Crippen LogP contribution is -1.96. The summed E-state index contributed by atoms with van der Waals surface area (Å²) in [6, 6.07) is 5.43. The molecular weight excluding hydrogens is 245 g/mol. The molecule has 0 aliphatic heterocycles. The van der Waals surface area contributed by atoms with Crippen molar-refractivity contribution in [3.8, 4) is 6.07 Å². The van der Waals surface area contributed by atoms with Gasteiger partial charge >= 0.3 is 0 Å². The number of hydrogen-bond donors (Lipinski definition) is 1. The minimum atomic E-state index is 0.444. The Balaban J connectivity index is 2.98. The fraction of sp³-hybridized carbons (Fsp3) is 0.0909. The number of nitrogens with one attached hydrogen (secondary N) is 1. The molecule has 5 heteroatoms. The van der Waals surface area contributed by atoms with E-state index in [9.17, 15) is 0 Å². The van der Waals surface area contributed by atoms with Gasteiger partial charge in [-0.25, -0.2) is 0 Å². The minimum absolute atomic E-state index is 0.444. The molecular formula is C11H7Cl2N3. The molecule has 3 nitrogen and oxygen atoms in total. The molecule has 1 N–H and O–H groups in total. The number of halogens is 2. The number of rotatable bonds is 1. The lowest BCUT2D eigenvalue weighted by Gasteiger charge is -2.09. The van der Waals surface area contributed by atoms with Crippen molar-refractivity contribution in [1.82, 2.24) is 4.98 Å². The fourth-order valence-corrected chi connectivity index (χ4v) is 2.03. The topological polar surface area (TPSA) is 48.7 Å². The molecule has 0 amide bonds. The molecule has 0 aliphatic rings. The molecule has 0 bridgehead atoms. The van der Waals surface area contributed by atoms with Gasteiger partial charge in [-0.1, -0.05) is 23.2 Å². The minimum Gasteiger partial charge on any atom is -0.386 e. The Bertz CT molecular complexity index is 602. The van der Waals surface area contributed by atoms with Gasteiger partial charge in [-0.3, -0.25) is 4.98 Å². The highest BCUT2D eigenvalue weighted by atomic mass is 35.5. The molecule has 1 heterocycles. The summed E-state index contributed by atoms with van der Waals surface area (Å²) in [5, 5.41) is 13.6. The van der Waals surface area contributed by atoms with Crippen LogP contribution in [0.5, 0.6) is 0 Å². The van der Waals surface area contributed by atoms with Gasteiger partial charge in [0.15, 0.2) is 0 Å². The Labute approximate surface area is 103 Å². The maximum Gasteiger partial charge on any atom is 0.103 e. The van der Waals surface area contributed by atoms with E-state index in [0.717, 1.165) is 0 Å². The zero-order chi connectivity index (χ0) is 11.7. The molecule has 1 aromatic carbocycles. The van der Waals surface area contributed by atoms with Crippen molar-refractivity contribution < 1.29 is 0 Å². The molecule has 0 saturated carbocycles. The van der Waals surface area contributed by atoms with E-state index in [-0.39, 0.29) is 0 Å². The molecule has 2 rings (SSSR count). The van der Waals surface area contributed by atoms with Gasteiger partial charge in [-0.2, -0.15) is 5.26 Å². The Morgan fingerprint density at radius 3 is 2.62 bits per heavy atom. The number of benzene rings is 1. The zero-order valence-electron chi connectivity index (χ0n) is 8.38. The van der Waals surface area contributed by atoms with Gasteiger partial charge in [0.25, 0.3) is 0 Å². The summed E-state index contributed by atoms with van der Waals surface area (Å²) in [4.78, 5) is 4.14. The van der Waals surface area contributed by atoms with Crippen molar-refractivity contribution in [3.05, 3.63) is 33.9 Å². The van der Waals surface area contributed by atoms with Crippen LogP contribution >= 0.6 is 23.2 Å². The second kappa shape index (κ2) is 4.17. The number of anilines is 1. The first-order valence-electron chi connectivity index (χ1n) is 4.53. The lowest BCUT2D eigenvalue weighted by molar-refractivity contribution is 1.35. The molecule has 0 unspecified atom stereocenters. The Kier molecular flexibility index (Phi) is 2.86. The first kappa shape index (κ1) is 11.0. The average Bonchev–Trinajstić information content (AvgIpc) is 2.32. The summed E-state index contributed by atoms with van der Waals surface area (Å²) in [5.74, 6) is 0. The normalized spacial score (nSPS) is 10.1. The first-order chi connectivity index (χ1) is 7.69. The molecule has 0 radical (unpaired) electrons. The summed E-state index contributed by atoms with van der Waals surface area (Å²) in [7, 11) is 1.73. The van der Waals surface area contributed by atoms with Gasteiger partial charge in [0.1, 0.15) is 6.07 Å². The molecule has 0 saturated heterocycles. The number of nitrogens with zero attached hydrogens (tertiary/aromatic N) is 2. The summed E-state index contributed by atoms with van der Waals surface area (Å²) in [6.45, 7) is 0. The van der Waals surface area contributed by atoms with E-state index < -0.39 is 0 Å². The van der Waals surface area contributed by atoms with Crippen LogP contribution in [0.15, 0.2) is 18.3 Å². The maximum atomic E-state index is 8.96. The standard InChI is InChI=1S/C11H7Cl2N3/c1-15-10-6(4-14)5-16-11-8(13)3-2-7(12)9(10)11/h2-3,5H,1H3,(H,15,16). The number of hydrogen-bond acceptors (Lipinski definition) is 3. The van der Waals surface area contributed by atoms with Crippen LogP contribution in [0.3, 0.4) is 0 Å². The number of pyridine rings is 1. The van der Waals surface area contributed by atoms with Crippen molar-refractivity contribution in [1.29, 1.82) is 5.26 Å². The van der Waals surface area contributed by atoms with Gasteiger partial charge in [-0.15, -0.1) is 0 Å². The van der Waals surface area contributed by atoms with E-state index in [1.54, 1.807) is 19.2 Å². The number of fused-ring (bicyclic) bond motifs is 1. The summed E-state index contributed by atoms with van der Waals surface area (Å²) in [5.41, 5.74) is 1.69. The molecule has 2 aromatic rings. The fourth-order valence-electron chi connectivity index (χ4n) is 1.58. The van der Waals surface area contributed by atoms with E-state index in [1.165, 1.54) is 6.20 Å². The highest BCUT2D eigenvalue weighted by Crippen LogP contribution is 2.35. The molecule has 80 valence electrons.